The average molecular weight is 461 g/mol. The third-order valence-electron chi connectivity index (χ3n) is 6.18. The molecule has 0 aromatic heterocycles. The zero-order valence-corrected chi connectivity index (χ0v) is 18.0. The van der Waals surface area contributed by atoms with E-state index in [0.717, 1.165) is 11.3 Å². The SMILES string of the molecule is CC(C)(C(=O)OCC(F)(F)F)C1N(c2ccc([N+](=O)[O-])cc2)N=C(c2ccccc2)C12CC2. The fourth-order valence-corrected chi connectivity index (χ4v) is 4.59. The van der Waals surface area contributed by atoms with Crippen LogP contribution in [0, 0.1) is 20.9 Å². The Morgan fingerprint density at radius 3 is 2.27 bits per heavy atom. The van der Waals surface area contributed by atoms with Crippen molar-refractivity contribution in [2.24, 2.45) is 15.9 Å². The quantitative estimate of drug-likeness (QED) is 0.340. The maximum atomic E-state index is 12.9. The summed E-state index contributed by atoms with van der Waals surface area (Å²) in [4.78, 5) is 23.4. The average Bonchev–Trinajstić information content (AvgIpc) is 3.46. The number of esters is 1. The van der Waals surface area contributed by atoms with Crippen LogP contribution in [0.5, 0.6) is 0 Å². The molecule has 7 nitrogen and oxygen atoms in total. The Morgan fingerprint density at radius 2 is 1.76 bits per heavy atom. The lowest BCUT2D eigenvalue weighted by Gasteiger charge is -2.39. The summed E-state index contributed by atoms with van der Waals surface area (Å²) in [7, 11) is 0. The lowest BCUT2D eigenvalue weighted by atomic mass is 9.72. The molecule has 1 heterocycles. The van der Waals surface area contributed by atoms with Crippen LogP contribution in [0.3, 0.4) is 0 Å². The Hall–Kier alpha value is -3.43. The molecule has 33 heavy (non-hydrogen) atoms. The summed E-state index contributed by atoms with van der Waals surface area (Å²) in [5.74, 6) is -0.979. The summed E-state index contributed by atoms with van der Waals surface area (Å²) >= 11 is 0. The summed E-state index contributed by atoms with van der Waals surface area (Å²) in [6, 6.07) is 14.4. The predicted octanol–water partition coefficient (Wildman–Crippen LogP) is 5.10. The normalized spacial score (nSPS) is 19.4. The number of carbonyl (C=O) groups excluding carboxylic acids is 1. The molecule has 2 aromatic carbocycles. The number of nitro benzene ring substituents is 1. The number of ether oxygens (including phenoxy) is 1. The first-order valence-electron chi connectivity index (χ1n) is 10.4. The summed E-state index contributed by atoms with van der Waals surface area (Å²) in [6.45, 7) is 1.44. The smallest absolute Gasteiger partial charge is 0.422 e. The maximum absolute atomic E-state index is 12.9. The highest BCUT2D eigenvalue weighted by molar-refractivity contribution is 6.10. The van der Waals surface area contributed by atoms with Gasteiger partial charge in [0.1, 0.15) is 0 Å². The largest absolute Gasteiger partial charge is 0.456 e. The van der Waals surface area contributed by atoms with Crippen molar-refractivity contribution >= 4 is 23.1 Å². The van der Waals surface area contributed by atoms with Crippen LogP contribution in [0.25, 0.3) is 0 Å². The van der Waals surface area contributed by atoms with Gasteiger partial charge in [-0.05, 0) is 44.4 Å². The van der Waals surface area contributed by atoms with Crippen LogP contribution in [-0.4, -0.2) is 35.4 Å². The third-order valence-corrected chi connectivity index (χ3v) is 6.18. The van der Waals surface area contributed by atoms with E-state index in [2.05, 4.69) is 4.74 Å². The van der Waals surface area contributed by atoms with E-state index in [0.29, 0.717) is 18.5 Å². The van der Waals surface area contributed by atoms with E-state index in [-0.39, 0.29) is 5.69 Å². The molecule has 2 aliphatic rings. The van der Waals surface area contributed by atoms with Gasteiger partial charge in [0.15, 0.2) is 6.61 Å². The van der Waals surface area contributed by atoms with Gasteiger partial charge < -0.3 is 4.74 Å². The lowest BCUT2D eigenvalue weighted by Crippen LogP contribution is -2.51. The van der Waals surface area contributed by atoms with Crippen molar-refractivity contribution in [2.75, 3.05) is 11.6 Å². The van der Waals surface area contributed by atoms with Crippen LogP contribution in [-0.2, 0) is 9.53 Å². The Labute approximate surface area is 188 Å². The van der Waals surface area contributed by atoms with Crippen LogP contribution in [0.4, 0.5) is 24.5 Å². The summed E-state index contributed by atoms with van der Waals surface area (Å²) in [5, 5.41) is 17.5. The number of non-ortho nitro benzene ring substituents is 1. The molecule has 174 valence electrons. The second-order valence-corrected chi connectivity index (χ2v) is 8.90. The van der Waals surface area contributed by atoms with E-state index in [4.69, 9.17) is 5.10 Å². The summed E-state index contributed by atoms with van der Waals surface area (Å²) < 4.78 is 42.8. The van der Waals surface area contributed by atoms with Crippen LogP contribution in [0.2, 0.25) is 0 Å². The molecule has 1 fully saturated rings. The van der Waals surface area contributed by atoms with Crippen LogP contribution >= 0.6 is 0 Å². The molecular formula is C23H22F3N3O4. The minimum atomic E-state index is -4.64. The monoisotopic (exact) mass is 461 g/mol. The van der Waals surface area contributed by atoms with Crippen molar-refractivity contribution in [3.05, 3.63) is 70.3 Å². The molecule has 10 heteroatoms. The number of hydrogen-bond donors (Lipinski definition) is 0. The number of rotatable bonds is 6. The molecule has 0 radical (unpaired) electrons. The first kappa shape index (κ1) is 22.8. The van der Waals surface area contributed by atoms with E-state index >= 15 is 0 Å². The molecule has 1 aliphatic heterocycles. The van der Waals surface area contributed by atoms with Crippen molar-refractivity contribution in [3.8, 4) is 0 Å². The van der Waals surface area contributed by atoms with Gasteiger partial charge in [0, 0.05) is 17.5 Å². The second kappa shape index (κ2) is 7.86. The van der Waals surface area contributed by atoms with Crippen molar-refractivity contribution in [3.63, 3.8) is 0 Å². The number of halogens is 3. The van der Waals surface area contributed by atoms with Crippen molar-refractivity contribution in [2.45, 2.75) is 38.9 Å². The molecule has 1 unspecified atom stereocenters. The highest BCUT2D eigenvalue weighted by Crippen LogP contribution is 2.61. The molecule has 1 aliphatic carbocycles. The Bertz CT molecular complexity index is 1090. The summed E-state index contributed by atoms with van der Waals surface area (Å²) in [5.41, 5.74) is 0.0752. The number of hydrazone groups is 1. The Morgan fingerprint density at radius 1 is 1.15 bits per heavy atom. The molecule has 1 atom stereocenters. The van der Waals surface area contributed by atoms with E-state index in [1.165, 1.54) is 24.3 Å². The molecule has 0 N–H and O–H groups in total. The zero-order chi connectivity index (χ0) is 24.0. The number of nitrogens with zero attached hydrogens (tertiary/aromatic N) is 3. The van der Waals surface area contributed by atoms with E-state index in [9.17, 15) is 28.1 Å². The van der Waals surface area contributed by atoms with Gasteiger partial charge in [-0.1, -0.05) is 30.3 Å². The highest BCUT2D eigenvalue weighted by atomic mass is 19.4. The van der Waals surface area contributed by atoms with Crippen molar-refractivity contribution < 1.29 is 27.6 Å². The molecule has 0 amide bonds. The zero-order valence-electron chi connectivity index (χ0n) is 18.0. The minimum Gasteiger partial charge on any atom is -0.456 e. The predicted molar refractivity (Wildman–Crippen MR) is 115 cm³/mol. The molecule has 1 saturated carbocycles. The second-order valence-electron chi connectivity index (χ2n) is 8.90. The van der Waals surface area contributed by atoms with Gasteiger partial charge in [-0.3, -0.25) is 19.9 Å². The number of carbonyl (C=O) groups is 1. The summed E-state index contributed by atoms with van der Waals surface area (Å²) in [6.07, 6.45) is -3.24. The number of hydrogen-bond acceptors (Lipinski definition) is 6. The number of benzene rings is 2. The van der Waals surface area contributed by atoms with Gasteiger partial charge in [0.25, 0.3) is 5.69 Å². The Kier molecular flexibility index (Phi) is 5.42. The van der Waals surface area contributed by atoms with Crippen molar-refractivity contribution in [1.29, 1.82) is 0 Å². The molecule has 0 saturated heterocycles. The van der Waals surface area contributed by atoms with E-state index in [1.807, 2.05) is 30.3 Å². The first-order chi connectivity index (χ1) is 15.5. The fraction of sp³-hybridized carbons (Fsp3) is 0.391. The molecule has 0 bridgehead atoms. The lowest BCUT2D eigenvalue weighted by molar-refractivity contribution is -0.384. The van der Waals surface area contributed by atoms with Gasteiger partial charge >= 0.3 is 12.1 Å². The number of anilines is 1. The molecular weight excluding hydrogens is 439 g/mol. The van der Waals surface area contributed by atoms with Crippen LogP contribution in [0.15, 0.2) is 59.7 Å². The third kappa shape index (κ3) is 4.17. The number of alkyl halides is 3. The maximum Gasteiger partial charge on any atom is 0.422 e. The Balaban J connectivity index is 1.76. The topological polar surface area (TPSA) is 85.0 Å². The van der Waals surface area contributed by atoms with E-state index < -0.39 is 40.5 Å². The molecule has 4 rings (SSSR count). The standard InChI is InChI=1S/C23H22F3N3O4/c1-21(2,20(30)33-14-23(24,25)26)19-22(12-13-22)18(15-6-4-3-5-7-15)27-28(19)16-8-10-17(11-9-16)29(31)32/h3-11,19H,12-14H2,1-2H3. The van der Waals surface area contributed by atoms with Gasteiger partial charge in [-0.15, -0.1) is 0 Å². The van der Waals surface area contributed by atoms with Crippen LogP contribution < -0.4 is 5.01 Å². The molecule has 2 aromatic rings. The minimum absolute atomic E-state index is 0.105. The van der Waals surface area contributed by atoms with Crippen LogP contribution in [0.1, 0.15) is 32.3 Å². The fourth-order valence-electron chi connectivity index (χ4n) is 4.59. The highest BCUT2D eigenvalue weighted by Gasteiger charge is 2.66. The molecule has 1 spiro atoms. The van der Waals surface area contributed by atoms with Gasteiger partial charge in [-0.25, -0.2) is 0 Å². The van der Waals surface area contributed by atoms with Gasteiger partial charge in [-0.2, -0.15) is 18.3 Å². The van der Waals surface area contributed by atoms with E-state index in [1.54, 1.807) is 18.9 Å². The van der Waals surface area contributed by atoms with Gasteiger partial charge in [0.2, 0.25) is 0 Å². The first-order valence-corrected chi connectivity index (χ1v) is 10.4. The van der Waals surface area contributed by atoms with Crippen molar-refractivity contribution in [1.82, 2.24) is 0 Å². The van der Waals surface area contributed by atoms with Gasteiger partial charge in [0.05, 0.1) is 27.8 Å². The number of nitro groups is 1.